The largest absolute Gasteiger partial charge is 0.478 e. The van der Waals surface area contributed by atoms with Crippen molar-refractivity contribution in [1.29, 1.82) is 0 Å². The van der Waals surface area contributed by atoms with Gasteiger partial charge in [-0.25, -0.2) is 9.78 Å². The average molecular weight is 364 g/mol. The second-order valence-electron chi connectivity index (χ2n) is 4.93. The van der Waals surface area contributed by atoms with Crippen LogP contribution in [0.1, 0.15) is 20.9 Å². The Hall–Kier alpha value is -1.88. The molecule has 23 heavy (non-hydrogen) atoms. The molecule has 0 aliphatic carbocycles. The van der Waals surface area contributed by atoms with Crippen LogP contribution < -0.4 is 0 Å². The molecule has 1 aromatic heterocycles. The van der Waals surface area contributed by atoms with Gasteiger partial charge in [0.25, 0.3) is 0 Å². The summed E-state index contributed by atoms with van der Waals surface area (Å²) in [5.74, 6) is -0.923. The number of carboxylic acid groups (broad SMARTS) is 1. The van der Waals surface area contributed by atoms with Crippen LogP contribution >= 0.6 is 34.5 Å². The van der Waals surface area contributed by atoms with Gasteiger partial charge in [0.15, 0.2) is 0 Å². The number of aromatic nitrogens is 1. The molecule has 2 aromatic carbocycles. The first-order valence-electron chi connectivity index (χ1n) is 6.75. The third-order valence-electron chi connectivity index (χ3n) is 3.32. The van der Waals surface area contributed by atoms with Crippen LogP contribution in [0.15, 0.2) is 47.8 Å². The fraction of sp³-hybridized carbons (Fsp3) is 0.0588. The summed E-state index contributed by atoms with van der Waals surface area (Å²) in [7, 11) is 0. The summed E-state index contributed by atoms with van der Waals surface area (Å²) < 4.78 is 0. The molecule has 0 bridgehead atoms. The molecule has 0 amide bonds. The summed E-state index contributed by atoms with van der Waals surface area (Å²) in [6, 6.07) is 12.3. The Balaban J connectivity index is 1.79. The van der Waals surface area contributed by atoms with Crippen molar-refractivity contribution in [3.05, 3.63) is 74.0 Å². The Morgan fingerprint density at radius 1 is 1.09 bits per heavy atom. The smallest absolute Gasteiger partial charge is 0.335 e. The second kappa shape index (κ2) is 6.71. The number of hydrogen-bond donors (Lipinski definition) is 1. The molecule has 0 aliphatic rings. The molecule has 0 aliphatic heterocycles. The summed E-state index contributed by atoms with van der Waals surface area (Å²) in [5.41, 5.74) is 3.07. The number of nitrogens with zero attached hydrogens (tertiary/aromatic N) is 1. The summed E-state index contributed by atoms with van der Waals surface area (Å²) in [5, 5.41) is 12.9. The lowest BCUT2D eigenvalue weighted by molar-refractivity contribution is 0.0697. The van der Waals surface area contributed by atoms with Crippen molar-refractivity contribution in [1.82, 2.24) is 4.98 Å². The average Bonchev–Trinajstić information content (AvgIpc) is 2.99. The van der Waals surface area contributed by atoms with E-state index in [9.17, 15) is 4.79 Å². The molecule has 3 nitrogen and oxygen atoms in total. The molecule has 3 rings (SSSR count). The van der Waals surface area contributed by atoms with Crippen LogP contribution in [-0.2, 0) is 6.42 Å². The molecule has 1 N–H and O–H groups in total. The molecular weight excluding hydrogens is 353 g/mol. The summed E-state index contributed by atoms with van der Waals surface area (Å²) in [6.45, 7) is 0. The van der Waals surface area contributed by atoms with E-state index in [4.69, 9.17) is 28.3 Å². The van der Waals surface area contributed by atoms with Crippen LogP contribution in [0.5, 0.6) is 0 Å². The first kappa shape index (κ1) is 16.0. The van der Waals surface area contributed by atoms with Gasteiger partial charge in [-0.05, 0) is 29.8 Å². The number of benzene rings is 2. The second-order valence-corrected chi connectivity index (χ2v) is 6.69. The van der Waals surface area contributed by atoms with Gasteiger partial charge in [-0.15, -0.1) is 11.3 Å². The molecule has 0 unspecified atom stereocenters. The molecule has 1 heterocycles. The Kier molecular flexibility index (Phi) is 4.66. The van der Waals surface area contributed by atoms with Gasteiger partial charge in [-0.1, -0.05) is 41.4 Å². The minimum absolute atomic E-state index is 0.282. The van der Waals surface area contributed by atoms with Crippen molar-refractivity contribution in [2.45, 2.75) is 6.42 Å². The van der Waals surface area contributed by atoms with Crippen molar-refractivity contribution in [2.24, 2.45) is 0 Å². The number of carbonyl (C=O) groups is 1. The molecule has 0 fully saturated rings. The van der Waals surface area contributed by atoms with Crippen LogP contribution in [0.4, 0.5) is 0 Å². The molecule has 0 radical (unpaired) electrons. The number of halogens is 2. The van der Waals surface area contributed by atoms with E-state index >= 15 is 0 Å². The molecule has 0 saturated heterocycles. The van der Waals surface area contributed by atoms with Crippen LogP contribution in [-0.4, -0.2) is 16.1 Å². The van der Waals surface area contributed by atoms with Gasteiger partial charge < -0.3 is 5.11 Å². The zero-order valence-corrected chi connectivity index (χ0v) is 14.1. The van der Waals surface area contributed by atoms with E-state index in [1.54, 1.807) is 35.6 Å². The lowest BCUT2D eigenvalue weighted by atomic mass is 10.1. The zero-order valence-electron chi connectivity index (χ0n) is 11.8. The molecule has 116 valence electrons. The lowest BCUT2D eigenvalue weighted by Gasteiger charge is -2.00. The van der Waals surface area contributed by atoms with Crippen molar-refractivity contribution in [3.63, 3.8) is 0 Å². The van der Waals surface area contributed by atoms with Crippen molar-refractivity contribution in [2.75, 3.05) is 0 Å². The monoisotopic (exact) mass is 363 g/mol. The Morgan fingerprint density at radius 3 is 2.48 bits per heavy atom. The van der Waals surface area contributed by atoms with Gasteiger partial charge >= 0.3 is 5.97 Å². The summed E-state index contributed by atoms with van der Waals surface area (Å²) >= 11 is 13.5. The van der Waals surface area contributed by atoms with Gasteiger partial charge in [-0.2, -0.15) is 0 Å². The number of thiazole rings is 1. The SMILES string of the molecule is O=C(O)c1ccc(Cc2nc(-c3ccc(Cl)c(Cl)c3)cs2)cc1. The third-order valence-corrected chi connectivity index (χ3v) is 4.91. The summed E-state index contributed by atoms with van der Waals surface area (Å²) in [6.07, 6.45) is 0.659. The van der Waals surface area contributed by atoms with Crippen molar-refractivity contribution >= 4 is 40.5 Å². The van der Waals surface area contributed by atoms with Gasteiger partial charge in [0.1, 0.15) is 0 Å². The highest BCUT2D eigenvalue weighted by atomic mass is 35.5. The highest BCUT2D eigenvalue weighted by Crippen LogP contribution is 2.29. The Morgan fingerprint density at radius 2 is 1.83 bits per heavy atom. The van der Waals surface area contributed by atoms with E-state index < -0.39 is 5.97 Å². The van der Waals surface area contributed by atoms with Gasteiger partial charge in [0.05, 0.1) is 26.3 Å². The van der Waals surface area contributed by atoms with Gasteiger partial charge in [0.2, 0.25) is 0 Å². The number of rotatable bonds is 4. The third kappa shape index (κ3) is 3.72. The fourth-order valence-corrected chi connectivity index (χ4v) is 3.26. The van der Waals surface area contributed by atoms with Crippen LogP contribution in [0.2, 0.25) is 10.0 Å². The topological polar surface area (TPSA) is 50.2 Å². The molecular formula is C17H11Cl2NO2S. The number of aromatic carboxylic acids is 1. The van der Waals surface area contributed by atoms with Gasteiger partial charge in [0, 0.05) is 17.4 Å². The molecule has 0 saturated carbocycles. The standard InChI is InChI=1S/C17H11Cl2NO2S/c18-13-6-5-12(8-14(13)19)15-9-23-16(20-15)7-10-1-3-11(4-2-10)17(21)22/h1-6,8-9H,7H2,(H,21,22). The van der Waals surface area contributed by atoms with Crippen molar-refractivity contribution < 1.29 is 9.90 Å². The predicted octanol–water partition coefficient (Wildman–Crippen LogP) is 5.41. The van der Waals surface area contributed by atoms with Crippen LogP contribution in [0.3, 0.4) is 0 Å². The quantitative estimate of drug-likeness (QED) is 0.674. The maximum absolute atomic E-state index is 10.9. The lowest BCUT2D eigenvalue weighted by Crippen LogP contribution is -1.96. The van der Waals surface area contributed by atoms with E-state index in [1.165, 1.54) is 0 Å². The zero-order chi connectivity index (χ0) is 16.4. The minimum Gasteiger partial charge on any atom is -0.478 e. The number of hydrogen-bond acceptors (Lipinski definition) is 3. The van der Waals surface area contributed by atoms with E-state index in [0.717, 1.165) is 21.8 Å². The van der Waals surface area contributed by atoms with Crippen LogP contribution in [0, 0.1) is 0 Å². The van der Waals surface area contributed by atoms with E-state index in [1.807, 2.05) is 23.6 Å². The van der Waals surface area contributed by atoms with E-state index in [-0.39, 0.29) is 5.56 Å². The predicted molar refractivity (Wildman–Crippen MR) is 93.8 cm³/mol. The highest BCUT2D eigenvalue weighted by Gasteiger charge is 2.08. The Bertz CT molecular complexity index is 859. The van der Waals surface area contributed by atoms with Crippen LogP contribution in [0.25, 0.3) is 11.3 Å². The fourth-order valence-electron chi connectivity index (χ4n) is 2.12. The normalized spacial score (nSPS) is 10.7. The number of carboxylic acids is 1. The maximum atomic E-state index is 10.9. The van der Waals surface area contributed by atoms with E-state index in [0.29, 0.717) is 16.5 Å². The maximum Gasteiger partial charge on any atom is 0.335 e. The molecule has 0 atom stereocenters. The first-order chi connectivity index (χ1) is 11.0. The summed E-state index contributed by atoms with van der Waals surface area (Å²) in [4.78, 5) is 15.5. The Labute approximate surface area is 147 Å². The first-order valence-corrected chi connectivity index (χ1v) is 8.38. The van der Waals surface area contributed by atoms with Gasteiger partial charge in [-0.3, -0.25) is 0 Å². The van der Waals surface area contributed by atoms with Crippen molar-refractivity contribution in [3.8, 4) is 11.3 Å². The minimum atomic E-state index is -0.923. The molecule has 0 spiro atoms. The molecule has 3 aromatic rings. The molecule has 6 heteroatoms. The van der Waals surface area contributed by atoms with E-state index in [2.05, 4.69) is 4.98 Å². The highest BCUT2D eigenvalue weighted by molar-refractivity contribution is 7.10.